The largest absolute Gasteiger partial charge is 0.497 e. The van der Waals surface area contributed by atoms with Crippen molar-refractivity contribution in [3.05, 3.63) is 24.3 Å². The zero-order chi connectivity index (χ0) is 15.1. The predicted molar refractivity (Wildman–Crippen MR) is 80.1 cm³/mol. The summed E-state index contributed by atoms with van der Waals surface area (Å²) in [7, 11) is 1.62. The van der Waals surface area contributed by atoms with Crippen LogP contribution in [0.15, 0.2) is 24.3 Å². The summed E-state index contributed by atoms with van der Waals surface area (Å²) in [6.45, 7) is 8.10. The smallest absolute Gasteiger partial charge is 0.261 e. The molecule has 0 saturated carbocycles. The molecule has 4 heteroatoms. The average Bonchev–Trinajstić information content (AvgIpc) is 2.44. The Kier molecular flexibility index (Phi) is 6.36. The molecule has 1 aromatic rings. The van der Waals surface area contributed by atoms with Crippen molar-refractivity contribution in [2.75, 3.05) is 7.11 Å². The summed E-state index contributed by atoms with van der Waals surface area (Å²) in [6, 6.07) is 7.38. The van der Waals surface area contributed by atoms with Crippen LogP contribution in [0.1, 0.15) is 34.1 Å². The zero-order valence-electron chi connectivity index (χ0n) is 13.0. The van der Waals surface area contributed by atoms with Crippen molar-refractivity contribution >= 4 is 5.91 Å². The lowest BCUT2D eigenvalue weighted by Crippen LogP contribution is -2.44. The molecule has 0 bridgehead atoms. The van der Waals surface area contributed by atoms with Crippen LogP contribution in [0, 0.1) is 5.92 Å². The maximum atomic E-state index is 12.2. The number of hydrogen-bond donors (Lipinski definition) is 1. The molecule has 1 rings (SSSR count). The molecule has 0 radical (unpaired) electrons. The van der Waals surface area contributed by atoms with Crippen molar-refractivity contribution < 1.29 is 14.3 Å². The molecule has 0 heterocycles. The second-order valence-corrected chi connectivity index (χ2v) is 5.23. The third-order valence-electron chi connectivity index (χ3n) is 3.37. The number of carbonyl (C=O) groups is 1. The number of ether oxygens (including phenoxy) is 2. The number of benzene rings is 1. The Balaban J connectivity index is 2.63. The minimum Gasteiger partial charge on any atom is -0.497 e. The molecule has 0 aliphatic rings. The van der Waals surface area contributed by atoms with Crippen LogP contribution >= 0.6 is 0 Å². The quantitative estimate of drug-likeness (QED) is 0.834. The van der Waals surface area contributed by atoms with Gasteiger partial charge in [-0.1, -0.05) is 20.8 Å². The molecule has 0 aromatic heterocycles. The summed E-state index contributed by atoms with van der Waals surface area (Å²) in [5.41, 5.74) is 0. The van der Waals surface area contributed by atoms with Crippen molar-refractivity contribution in [1.82, 2.24) is 5.32 Å². The van der Waals surface area contributed by atoms with E-state index in [1.54, 1.807) is 19.2 Å². The molecule has 4 nitrogen and oxygen atoms in total. The molecular weight excluding hydrogens is 254 g/mol. The zero-order valence-corrected chi connectivity index (χ0v) is 13.0. The van der Waals surface area contributed by atoms with Gasteiger partial charge in [-0.25, -0.2) is 0 Å². The molecule has 1 amide bonds. The normalized spacial score (nSPS) is 13.7. The van der Waals surface area contributed by atoms with E-state index in [9.17, 15) is 4.79 Å². The summed E-state index contributed by atoms with van der Waals surface area (Å²) in [4.78, 5) is 12.2. The number of methoxy groups -OCH3 is 1. The Morgan fingerprint density at radius 2 is 1.70 bits per heavy atom. The highest BCUT2D eigenvalue weighted by Gasteiger charge is 2.21. The number of nitrogens with one attached hydrogen (secondary N) is 1. The van der Waals surface area contributed by atoms with Gasteiger partial charge >= 0.3 is 0 Å². The first-order valence-electron chi connectivity index (χ1n) is 7.09. The van der Waals surface area contributed by atoms with Gasteiger partial charge < -0.3 is 14.8 Å². The van der Waals surface area contributed by atoms with E-state index in [1.807, 2.05) is 26.0 Å². The van der Waals surface area contributed by atoms with Gasteiger partial charge in [-0.05, 0) is 43.5 Å². The van der Waals surface area contributed by atoms with E-state index in [0.717, 1.165) is 5.75 Å². The van der Waals surface area contributed by atoms with Crippen LogP contribution in [0.3, 0.4) is 0 Å². The first-order valence-corrected chi connectivity index (χ1v) is 7.09. The van der Waals surface area contributed by atoms with Crippen LogP contribution in [0.25, 0.3) is 0 Å². The van der Waals surface area contributed by atoms with E-state index < -0.39 is 6.10 Å². The SMILES string of the molecule is CC[C@@H](Oc1ccc(OC)cc1)C(=O)N[C@H](C)C(C)C. The van der Waals surface area contributed by atoms with Gasteiger partial charge in [-0.2, -0.15) is 0 Å². The number of carbonyl (C=O) groups excluding carboxylic acids is 1. The Bertz CT molecular complexity index is 414. The monoisotopic (exact) mass is 279 g/mol. The van der Waals surface area contributed by atoms with Crippen LogP contribution in [0.5, 0.6) is 11.5 Å². The minimum absolute atomic E-state index is 0.0653. The fraction of sp³-hybridized carbons (Fsp3) is 0.562. The average molecular weight is 279 g/mol. The lowest BCUT2D eigenvalue weighted by atomic mass is 10.1. The topological polar surface area (TPSA) is 47.6 Å². The van der Waals surface area contributed by atoms with Gasteiger partial charge in [0.25, 0.3) is 5.91 Å². The molecule has 1 aromatic carbocycles. The van der Waals surface area contributed by atoms with Gasteiger partial charge in [0.15, 0.2) is 6.10 Å². The van der Waals surface area contributed by atoms with Crippen molar-refractivity contribution in [3.8, 4) is 11.5 Å². The van der Waals surface area contributed by atoms with Crippen LogP contribution in [0.4, 0.5) is 0 Å². The molecule has 20 heavy (non-hydrogen) atoms. The third-order valence-corrected chi connectivity index (χ3v) is 3.37. The second kappa shape index (κ2) is 7.78. The Hall–Kier alpha value is -1.71. The first-order chi connectivity index (χ1) is 9.47. The Labute approximate surface area is 121 Å². The number of rotatable bonds is 7. The molecule has 1 N–H and O–H groups in total. The van der Waals surface area contributed by atoms with Crippen LogP contribution in [-0.2, 0) is 4.79 Å². The molecule has 0 fully saturated rings. The van der Waals surface area contributed by atoms with Gasteiger partial charge in [0.1, 0.15) is 11.5 Å². The summed E-state index contributed by atoms with van der Waals surface area (Å²) >= 11 is 0. The highest BCUT2D eigenvalue weighted by atomic mass is 16.5. The molecular formula is C16H25NO3. The van der Waals surface area contributed by atoms with Gasteiger partial charge in [-0.3, -0.25) is 4.79 Å². The van der Waals surface area contributed by atoms with E-state index in [0.29, 0.717) is 18.1 Å². The fourth-order valence-electron chi connectivity index (χ4n) is 1.62. The van der Waals surface area contributed by atoms with Gasteiger partial charge in [0, 0.05) is 6.04 Å². The minimum atomic E-state index is -0.468. The van der Waals surface area contributed by atoms with Gasteiger partial charge in [-0.15, -0.1) is 0 Å². The van der Waals surface area contributed by atoms with Crippen molar-refractivity contribution in [1.29, 1.82) is 0 Å². The molecule has 2 atom stereocenters. The number of hydrogen-bond acceptors (Lipinski definition) is 3. The maximum absolute atomic E-state index is 12.2. The van der Waals surface area contributed by atoms with Crippen LogP contribution in [0.2, 0.25) is 0 Å². The lowest BCUT2D eigenvalue weighted by molar-refractivity contribution is -0.129. The van der Waals surface area contributed by atoms with E-state index in [4.69, 9.17) is 9.47 Å². The van der Waals surface area contributed by atoms with Crippen LogP contribution < -0.4 is 14.8 Å². The fourth-order valence-corrected chi connectivity index (χ4v) is 1.62. The third kappa shape index (κ3) is 4.76. The maximum Gasteiger partial charge on any atom is 0.261 e. The van der Waals surface area contributed by atoms with E-state index in [1.165, 1.54) is 0 Å². The lowest BCUT2D eigenvalue weighted by Gasteiger charge is -2.22. The van der Waals surface area contributed by atoms with E-state index in [2.05, 4.69) is 19.2 Å². The van der Waals surface area contributed by atoms with Crippen molar-refractivity contribution in [3.63, 3.8) is 0 Å². The number of amides is 1. The van der Waals surface area contributed by atoms with E-state index in [-0.39, 0.29) is 11.9 Å². The Morgan fingerprint density at radius 3 is 2.15 bits per heavy atom. The summed E-state index contributed by atoms with van der Waals surface area (Å²) in [6.07, 6.45) is 0.160. The molecule has 0 aliphatic carbocycles. The summed E-state index contributed by atoms with van der Waals surface area (Å²) in [5, 5.41) is 2.98. The van der Waals surface area contributed by atoms with Crippen molar-refractivity contribution in [2.24, 2.45) is 5.92 Å². The summed E-state index contributed by atoms with van der Waals surface area (Å²) < 4.78 is 10.8. The van der Waals surface area contributed by atoms with Crippen molar-refractivity contribution in [2.45, 2.75) is 46.3 Å². The molecule has 0 unspecified atom stereocenters. The van der Waals surface area contributed by atoms with Gasteiger partial charge in [0.05, 0.1) is 7.11 Å². The highest BCUT2D eigenvalue weighted by molar-refractivity contribution is 5.81. The Morgan fingerprint density at radius 1 is 1.15 bits per heavy atom. The highest BCUT2D eigenvalue weighted by Crippen LogP contribution is 2.19. The molecule has 112 valence electrons. The van der Waals surface area contributed by atoms with Crippen LogP contribution in [-0.4, -0.2) is 25.2 Å². The first kappa shape index (κ1) is 16.3. The molecule has 0 saturated heterocycles. The molecule has 0 aliphatic heterocycles. The summed E-state index contributed by atoms with van der Waals surface area (Å²) in [5.74, 6) is 1.77. The predicted octanol–water partition coefficient (Wildman–Crippen LogP) is 3.01. The molecule has 0 spiro atoms. The van der Waals surface area contributed by atoms with E-state index >= 15 is 0 Å². The standard InChI is InChI=1S/C16H25NO3/c1-6-15(16(18)17-12(4)11(2)3)20-14-9-7-13(19-5)8-10-14/h7-12,15H,6H2,1-5H3,(H,17,18)/t12-,15-/m1/s1. The van der Waals surface area contributed by atoms with Gasteiger partial charge in [0.2, 0.25) is 0 Å². The second-order valence-electron chi connectivity index (χ2n) is 5.23.